The van der Waals surface area contributed by atoms with E-state index in [2.05, 4.69) is 40.7 Å². The van der Waals surface area contributed by atoms with Gasteiger partial charge in [-0.05, 0) is 81.0 Å². The smallest absolute Gasteiger partial charge is 0.0108 e. The molecule has 2 rings (SSSR count). The van der Waals surface area contributed by atoms with E-state index in [9.17, 15) is 0 Å². The molecule has 0 atom stereocenters. The van der Waals surface area contributed by atoms with E-state index in [-0.39, 0.29) is 0 Å². The van der Waals surface area contributed by atoms with E-state index < -0.39 is 0 Å². The van der Waals surface area contributed by atoms with Crippen molar-refractivity contribution in [3.05, 3.63) is 33.2 Å². The van der Waals surface area contributed by atoms with Gasteiger partial charge in [0.25, 0.3) is 0 Å². The summed E-state index contributed by atoms with van der Waals surface area (Å²) in [6.45, 7) is 11.2. The molecule has 0 amide bonds. The first kappa shape index (κ1) is 9.93. The van der Waals surface area contributed by atoms with Gasteiger partial charge in [-0.1, -0.05) is 6.07 Å². The molecule has 0 nitrogen and oxygen atoms in total. The van der Waals surface area contributed by atoms with Gasteiger partial charge in [0.15, 0.2) is 0 Å². The average molecular weight is 203 g/mol. The lowest BCUT2D eigenvalue weighted by atomic mass is 10.00. The maximum Gasteiger partial charge on any atom is -0.0108 e. The molecule has 0 saturated carbocycles. The van der Waals surface area contributed by atoms with Gasteiger partial charge in [-0.25, -0.2) is 0 Å². The summed E-state index contributed by atoms with van der Waals surface area (Å²) in [7, 11) is 1.42. The fourth-order valence-electron chi connectivity index (χ4n) is 2.20. The normalized spacial score (nSPS) is 16.6. The molecule has 14 heavy (non-hydrogen) atoms. The van der Waals surface area contributed by atoms with Crippen LogP contribution >= 0.6 is 8.58 Å². The van der Waals surface area contributed by atoms with Crippen LogP contribution in [0.15, 0.2) is 6.07 Å². The third-order valence-electron chi connectivity index (χ3n) is 3.25. The van der Waals surface area contributed by atoms with Crippen molar-refractivity contribution in [1.82, 2.24) is 0 Å². The molecule has 0 fully saturated rings. The lowest BCUT2D eigenvalue weighted by Gasteiger charge is -2.05. The highest BCUT2D eigenvalue weighted by Gasteiger charge is 2.11. The maximum absolute atomic E-state index is 2.34. The van der Waals surface area contributed by atoms with Crippen LogP contribution in [0.2, 0.25) is 0 Å². The zero-order chi connectivity index (χ0) is 10.5. The van der Waals surface area contributed by atoms with Crippen LogP contribution in [-0.2, 0) is 0 Å². The largest absolute Gasteiger partial charge is 0.0508 e. The average Bonchev–Trinajstić information content (AvgIpc) is 2.38. The molecule has 0 N–H and O–H groups in total. The third-order valence-corrected chi connectivity index (χ3v) is 4.38. The second-order valence-electron chi connectivity index (χ2n) is 4.15. The van der Waals surface area contributed by atoms with Gasteiger partial charge in [-0.15, -0.1) is 0 Å². The minimum absolute atomic E-state index is 1.42. The molecule has 0 bridgehead atoms. The van der Waals surface area contributed by atoms with Gasteiger partial charge in [0.05, 0.1) is 0 Å². The molecular formula is C13H16P. The zero-order valence-corrected chi connectivity index (χ0v) is 10.4. The molecule has 0 saturated heterocycles. The van der Waals surface area contributed by atoms with E-state index in [4.69, 9.17) is 0 Å². The Morgan fingerprint density at radius 1 is 0.857 bits per heavy atom. The SMILES string of the molecule is CC1=c2cc(C)c(C)c(C)c2=C(C)[P]1. The topological polar surface area (TPSA) is 0 Å². The van der Waals surface area contributed by atoms with Crippen molar-refractivity contribution in [2.45, 2.75) is 34.6 Å². The van der Waals surface area contributed by atoms with Crippen LogP contribution in [-0.4, -0.2) is 0 Å². The van der Waals surface area contributed by atoms with Crippen molar-refractivity contribution in [2.75, 3.05) is 0 Å². The van der Waals surface area contributed by atoms with Gasteiger partial charge in [-0.2, -0.15) is 0 Å². The zero-order valence-electron chi connectivity index (χ0n) is 9.52. The summed E-state index contributed by atoms with van der Waals surface area (Å²) in [6, 6.07) is 2.34. The van der Waals surface area contributed by atoms with Gasteiger partial charge >= 0.3 is 0 Å². The summed E-state index contributed by atoms with van der Waals surface area (Å²) >= 11 is 0. The number of fused-ring (bicyclic) bond motifs is 1. The Kier molecular flexibility index (Phi) is 2.27. The Morgan fingerprint density at radius 3 is 2.14 bits per heavy atom. The standard InChI is InChI=1S/C13H16P/c1-7-6-12-10(4)14-11(5)13(12)9(3)8(7)2/h6H,1-5H3. The molecular weight excluding hydrogens is 187 g/mol. The van der Waals surface area contributed by atoms with Crippen LogP contribution in [0.3, 0.4) is 0 Å². The summed E-state index contributed by atoms with van der Waals surface area (Å²) in [5.41, 5.74) is 4.35. The maximum atomic E-state index is 2.34. The van der Waals surface area contributed by atoms with E-state index in [1.807, 2.05) is 0 Å². The number of hydrogen-bond acceptors (Lipinski definition) is 0. The first-order valence-corrected chi connectivity index (χ1v) is 5.92. The highest BCUT2D eigenvalue weighted by Crippen LogP contribution is 2.35. The third kappa shape index (κ3) is 1.25. The van der Waals surface area contributed by atoms with Crippen LogP contribution in [0.1, 0.15) is 30.5 Å². The van der Waals surface area contributed by atoms with Crippen LogP contribution in [0.25, 0.3) is 10.6 Å². The fourth-order valence-corrected chi connectivity index (χ4v) is 3.40. The molecule has 0 unspecified atom stereocenters. The first-order valence-electron chi connectivity index (χ1n) is 5.02. The van der Waals surface area contributed by atoms with Crippen molar-refractivity contribution in [1.29, 1.82) is 0 Å². The molecule has 0 spiro atoms. The van der Waals surface area contributed by atoms with Gasteiger partial charge < -0.3 is 0 Å². The molecule has 1 aromatic carbocycles. The van der Waals surface area contributed by atoms with Crippen molar-refractivity contribution >= 4 is 19.2 Å². The summed E-state index contributed by atoms with van der Waals surface area (Å²) in [4.78, 5) is 0. The lowest BCUT2D eigenvalue weighted by Crippen LogP contribution is -2.28. The van der Waals surface area contributed by atoms with E-state index in [0.717, 1.165) is 0 Å². The Balaban J connectivity index is 3.05. The van der Waals surface area contributed by atoms with Crippen LogP contribution in [0.5, 0.6) is 0 Å². The molecule has 1 heteroatoms. The molecule has 1 heterocycles. The van der Waals surface area contributed by atoms with E-state index >= 15 is 0 Å². The Hall–Kier alpha value is -0.610. The molecule has 0 aliphatic carbocycles. The van der Waals surface area contributed by atoms with Gasteiger partial charge in [0.2, 0.25) is 0 Å². The summed E-state index contributed by atoms with van der Waals surface area (Å²) < 4.78 is 0. The van der Waals surface area contributed by atoms with E-state index in [1.54, 1.807) is 0 Å². The Bertz CT molecular complexity index is 521. The monoisotopic (exact) mass is 203 g/mol. The minimum Gasteiger partial charge on any atom is -0.0508 e. The summed E-state index contributed by atoms with van der Waals surface area (Å²) in [6.07, 6.45) is 0. The highest BCUT2D eigenvalue weighted by atomic mass is 31.1. The molecule has 73 valence electrons. The van der Waals surface area contributed by atoms with Crippen LogP contribution in [0.4, 0.5) is 0 Å². The molecule has 1 aliphatic rings. The molecule has 1 radical (unpaired) electrons. The van der Waals surface area contributed by atoms with Gasteiger partial charge in [0.1, 0.15) is 0 Å². The predicted molar refractivity (Wildman–Crippen MR) is 65.0 cm³/mol. The summed E-state index contributed by atoms with van der Waals surface area (Å²) in [5, 5.41) is 6.00. The second kappa shape index (κ2) is 3.21. The second-order valence-corrected chi connectivity index (χ2v) is 5.71. The van der Waals surface area contributed by atoms with E-state index in [0.29, 0.717) is 0 Å². The Morgan fingerprint density at radius 2 is 1.50 bits per heavy atom. The molecule has 1 aliphatic heterocycles. The minimum atomic E-state index is 1.42. The van der Waals surface area contributed by atoms with Crippen molar-refractivity contribution < 1.29 is 0 Å². The van der Waals surface area contributed by atoms with Gasteiger partial charge in [-0.3, -0.25) is 0 Å². The van der Waals surface area contributed by atoms with Crippen LogP contribution in [0, 0.1) is 20.8 Å². The van der Waals surface area contributed by atoms with Crippen LogP contribution < -0.4 is 10.4 Å². The number of rotatable bonds is 0. The number of hydrogen-bond donors (Lipinski definition) is 0. The molecule has 0 aromatic heterocycles. The van der Waals surface area contributed by atoms with Crippen molar-refractivity contribution in [3.63, 3.8) is 0 Å². The predicted octanol–water partition coefficient (Wildman–Crippen LogP) is 2.83. The summed E-state index contributed by atoms with van der Waals surface area (Å²) in [5.74, 6) is 0. The van der Waals surface area contributed by atoms with Gasteiger partial charge in [0, 0.05) is 0 Å². The quantitative estimate of drug-likeness (QED) is 0.569. The number of aryl methyl sites for hydroxylation is 1. The lowest BCUT2D eigenvalue weighted by molar-refractivity contribution is 1.22. The fraction of sp³-hybridized carbons (Fsp3) is 0.385. The molecule has 1 aromatic rings. The number of benzene rings is 1. The highest BCUT2D eigenvalue weighted by molar-refractivity contribution is 7.60. The van der Waals surface area contributed by atoms with Crippen molar-refractivity contribution in [2.24, 2.45) is 0 Å². The van der Waals surface area contributed by atoms with Crippen molar-refractivity contribution in [3.8, 4) is 0 Å². The first-order chi connectivity index (χ1) is 6.52. The van der Waals surface area contributed by atoms with E-state index in [1.165, 1.54) is 46.3 Å². The Labute approximate surface area is 87.5 Å².